The van der Waals surface area contributed by atoms with E-state index in [9.17, 15) is 4.79 Å². The highest BCUT2D eigenvalue weighted by molar-refractivity contribution is 7.99. The molecule has 3 aromatic rings. The van der Waals surface area contributed by atoms with Gasteiger partial charge in [-0.1, -0.05) is 42.1 Å². The topological polar surface area (TPSA) is 38.1 Å². The Balaban J connectivity index is 0.00000208. The predicted molar refractivity (Wildman–Crippen MR) is 104 cm³/mol. The van der Waals surface area contributed by atoms with Crippen molar-refractivity contribution < 1.29 is 0 Å². The number of fused-ring (bicyclic) bond motifs is 1. The first-order valence-corrected chi connectivity index (χ1v) is 8.50. The highest BCUT2D eigenvalue weighted by Gasteiger charge is 2.12. The molecule has 0 aliphatic rings. The van der Waals surface area contributed by atoms with Gasteiger partial charge < -0.3 is 4.90 Å². The Morgan fingerprint density at radius 1 is 1.04 bits per heavy atom. The summed E-state index contributed by atoms with van der Waals surface area (Å²) >= 11 is 1.61. The number of benzene rings is 2. The third kappa shape index (κ3) is 3.98. The largest absolute Gasteiger partial charge is 0.309 e. The molecule has 2 aromatic carbocycles. The van der Waals surface area contributed by atoms with E-state index in [0.717, 1.165) is 28.7 Å². The van der Waals surface area contributed by atoms with Crippen molar-refractivity contribution in [2.45, 2.75) is 5.16 Å². The van der Waals surface area contributed by atoms with Crippen LogP contribution in [0.4, 0.5) is 0 Å². The molecule has 0 aliphatic carbocycles. The number of thioether (sulfide) groups is 1. The minimum atomic E-state index is -0.0193. The molecule has 0 saturated carbocycles. The summed E-state index contributed by atoms with van der Waals surface area (Å²) in [5.41, 5.74) is 1.58. The lowest BCUT2D eigenvalue weighted by molar-refractivity contribution is 0.437. The first-order chi connectivity index (χ1) is 11.2. The molecule has 6 heteroatoms. The molecule has 126 valence electrons. The van der Waals surface area contributed by atoms with Gasteiger partial charge in [0.25, 0.3) is 5.56 Å². The maximum Gasteiger partial charge on any atom is 0.266 e. The second-order valence-corrected chi connectivity index (χ2v) is 6.60. The molecule has 0 amide bonds. The molecule has 0 unspecified atom stereocenters. The molecule has 3 rings (SSSR count). The van der Waals surface area contributed by atoms with Crippen LogP contribution < -0.4 is 5.56 Å². The minimum absolute atomic E-state index is 0. The first kappa shape index (κ1) is 18.5. The summed E-state index contributed by atoms with van der Waals surface area (Å²) < 4.78 is 1.71. The Hall–Kier alpha value is -1.82. The summed E-state index contributed by atoms with van der Waals surface area (Å²) in [5.74, 6) is 0.880. The standard InChI is InChI=1S/C18H19N3OS.ClH/c1-20(2)12-13-23-18-19-16-11-7-6-10-15(16)17(22)21(18)14-8-4-3-5-9-14;/h3-11H,12-13H2,1-2H3;1H. The van der Waals surface area contributed by atoms with Crippen LogP contribution in [-0.4, -0.2) is 40.8 Å². The average molecular weight is 362 g/mol. The maximum absolute atomic E-state index is 12.9. The van der Waals surface area contributed by atoms with E-state index in [4.69, 9.17) is 4.98 Å². The number of hydrogen-bond acceptors (Lipinski definition) is 4. The van der Waals surface area contributed by atoms with Crippen LogP contribution in [0.15, 0.2) is 64.5 Å². The third-order valence-corrected chi connectivity index (χ3v) is 4.45. The monoisotopic (exact) mass is 361 g/mol. The lowest BCUT2D eigenvalue weighted by atomic mass is 10.2. The average Bonchev–Trinajstić information content (AvgIpc) is 2.55. The van der Waals surface area contributed by atoms with Crippen molar-refractivity contribution in [1.82, 2.24) is 14.5 Å². The molecule has 0 atom stereocenters. The van der Waals surface area contributed by atoms with Gasteiger partial charge in [0, 0.05) is 12.3 Å². The van der Waals surface area contributed by atoms with Crippen LogP contribution >= 0.6 is 24.2 Å². The normalized spacial score (nSPS) is 10.8. The van der Waals surface area contributed by atoms with Crippen molar-refractivity contribution >= 4 is 35.1 Å². The third-order valence-electron chi connectivity index (χ3n) is 3.53. The van der Waals surface area contributed by atoms with Gasteiger partial charge in [-0.15, -0.1) is 12.4 Å². The Bertz CT molecular complexity index is 865. The van der Waals surface area contributed by atoms with Crippen molar-refractivity contribution in [2.75, 3.05) is 26.4 Å². The number of rotatable bonds is 5. The van der Waals surface area contributed by atoms with Gasteiger partial charge in [-0.05, 0) is 38.4 Å². The molecule has 0 spiro atoms. The summed E-state index contributed by atoms with van der Waals surface area (Å²) in [6, 6.07) is 17.2. The van der Waals surface area contributed by atoms with E-state index in [0.29, 0.717) is 5.39 Å². The fourth-order valence-electron chi connectivity index (χ4n) is 2.33. The minimum Gasteiger partial charge on any atom is -0.309 e. The summed E-state index contributed by atoms with van der Waals surface area (Å²) in [5, 5.41) is 1.38. The zero-order valence-corrected chi connectivity index (χ0v) is 15.3. The van der Waals surface area contributed by atoms with Crippen molar-refractivity contribution in [2.24, 2.45) is 0 Å². The van der Waals surface area contributed by atoms with Crippen LogP contribution in [0, 0.1) is 0 Å². The number of halogens is 1. The molecular formula is C18H20ClN3OS. The van der Waals surface area contributed by atoms with Crippen LogP contribution in [0.3, 0.4) is 0 Å². The van der Waals surface area contributed by atoms with Gasteiger partial charge in [-0.3, -0.25) is 9.36 Å². The molecule has 0 saturated heterocycles. The lowest BCUT2D eigenvalue weighted by Crippen LogP contribution is -2.22. The Kier molecular flexibility index (Phi) is 6.43. The fraction of sp³-hybridized carbons (Fsp3) is 0.222. The van der Waals surface area contributed by atoms with Gasteiger partial charge in [0.2, 0.25) is 0 Å². The van der Waals surface area contributed by atoms with Crippen LogP contribution in [0.1, 0.15) is 0 Å². The van der Waals surface area contributed by atoms with Crippen LogP contribution in [0.2, 0.25) is 0 Å². The van der Waals surface area contributed by atoms with Gasteiger partial charge in [0.15, 0.2) is 5.16 Å². The zero-order chi connectivity index (χ0) is 16.2. The second kappa shape index (κ2) is 8.33. The van der Waals surface area contributed by atoms with Gasteiger partial charge in [0.05, 0.1) is 16.6 Å². The Labute approximate surface area is 151 Å². The van der Waals surface area contributed by atoms with Crippen molar-refractivity contribution in [3.05, 3.63) is 65.0 Å². The van der Waals surface area contributed by atoms with Crippen molar-refractivity contribution in [3.63, 3.8) is 0 Å². The smallest absolute Gasteiger partial charge is 0.266 e. The Morgan fingerprint density at radius 3 is 2.42 bits per heavy atom. The Morgan fingerprint density at radius 2 is 1.71 bits per heavy atom. The van der Waals surface area contributed by atoms with Crippen molar-refractivity contribution in [1.29, 1.82) is 0 Å². The van der Waals surface area contributed by atoms with E-state index in [1.165, 1.54) is 0 Å². The molecule has 4 nitrogen and oxygen atoms in total. The number of para-hydroxylation sites is 2. The van der Waals surface area contributed by atoms with Crippen molar-refractivity contribution in [3.8, 4) is 5.69 Å². The van der Waals surface area contributed by atoms with Gasteiger partial charge in [-0.2, -0.15) is 0 Å². The highest BCUT2D eigenvalue weighted by atomic mass is 35.5. The van der Waals surface area contributed by atoms with E-state index in [-0.39, 0.29) is 18.0 Å². The molecule has 1 heterocycles. The van der Waals surface area contributed by atoms with Crippen LogP contribution in [0.25, 0.3) is 16.6 Å². The van der Waals surface area contributed by atoms with Gasteiger partial charge >= 0.3 is 0 Å². The highest BCUT2D eigenvalue weighted by Crippen LogP contribution is 2.21. The number of hydrogen-bond donors (Lipinski definition) is 0. The SMILES string of the molecule is CN(C)CCSc1nc2ccccc2c(=O)n1-c1ccccc1.Cl. The summed E-state index contributed by atoms with van der Waals surface area (Å²) in [4.78, 5) is 19.8. The van der Waals surface area contributed by atoms with Crippen LogP contribution in [-0.2, 0) is 0 Å². The summed E-state index contributed by atoms with van der Waals surface area (Å²) in [6.07, 6.45) is 0. The predicted octanol–water partition coefficient (Wildman–Crippen LogP) is 3.46. The molecule has 1 aromatic heterocycles. The van der Waals surface area contributed by atoms with E-state index in [1.807, 2.05) is 68.7 Å². The zero-order valence-electron chi connectivity index (χ0n) is 13.7. The number of nitrogens with zero attached hydrogens (tertiary/aromatic N) is 3. The van der Waals surface area contributed by atoms with Gasteiger partial charge in [0.1, 0.15) is 0 Å². The summed E-state index contributed by atoms with van der Waals surface area (Å²) in [7, 11) is 4.08. The first-order valence-electron chi connectivity index (χ1n) is 7.51. The van der Waals surface area contributed by atoms with E-state index in [2.05, 4.69) is 4.90 Å². The lowest BCUT2D eigenvalue weighted by Gasteiger charge is -2.14. The maximum atomic E-state index is 12.9. The molecule has 0 fully saturated rings. The molecular weight excluding hydrogens is 342 g/mol. The molecule has 0 bridgehead atoms. The van der Waals surface area contributed by atoms with Crippen LogP contribution in [0.5, 0.6) is 0 Å². The number of aromatic nitrogens is 2. The molecule has 0 aliphatic heterocycles. The van der Waals surface area contributed by atoms with Gasteiger partial charge in [-0.25, -0.2) is 4.98 Å². The quantitative estimate of drug-likeness (QED) is 0.515. The van der Waals surface area contributed by atoms with E-state index in [1.54, 1.807) is 16.3 Å². The molecule has 0 N–H and O–H groups in total. The molecule has 0 radical (unpaired) electrons. The van der Waals surface area contributed by atoms with E-state index >= 15 is 0 Å². The van der Waals surface area contributed by atoms with E-state index < -0.39 is 0 Å². The second-order valence-electron chi connectivity index (χ2n) is 5.54. The summed E-state index contributed by atoms with van der Waals surface area (Å²) in [6.45, 7) is 0.933. The molecule has 24 heavy (non-hydrogen) atoms. The fourth-order valence-corrected chi connectivity index (χ4v) is 3.45.